The van der Waals surface area contributed by atoms with Gasteiger partial charge >= 0.3 is 6.03 Å². The van der Waals surface area contributed by atoms with Crippen LogP contribution in [0.25, 0.3) is 0 Å². The molecule has 1 heterocycles. The largest absolute Gasteiger partial charge is 0.508 e. The number of phenolic OH excluding ortho intramolecular Hbond substituents is 1. The van der Waals surface area contributed by atoms with E-state index in [0.717, 1.165) is 31.4 Å². The average molecular weight is 276 g/mol. The van der Waals surface area contributed by atoms with E-state index in [1.165, 1.54) is 12.8 Å². The number of urea groups is 1. The van der Waals surface area contributed by atoms with Gasteiger partial charge in [0.25, 0.3) is 0 Å². The van der Waals surface area contributed by atoms with Crippen LogP contribution >= 0.6 is 0 Å². The van der Waals surface area contributed by atoms with E-state index in [-0.39, 0.29) is 11.8 Å². The van der Waals surface area contributed by atoms with Crippen LogP contribution in [0.2, 0.25) is 0 Å². The molecule has 1 aromatic carbocycles. The first-order chi connectivity index (χ1) is 9.70. The van der Waals surface area contributed by atoms with Gasteiger partial charge in [-0.3, -0.25) is 0 Å². The number of benzene rings is 1. The van der Waals surface area contributed by atoms with Crippen molar-refractivity contribution in [2.24, 2.45) is 0 Å². The van der Waals surface area contributed by atoms with E-state index in [0.29, 0.717) is 12.6 Å². The highest BCUT2D eigenvalue weighted by molar-refractivity contribution is 5.74. The molecule has 110 valence electrons. The van der Waals surface area contributed by atoms with E-state index in [1.807, 2.05) is 17.0 Å². The van der Waals surface area contributed by atoms with Crippen LogP contribution < -0.4 is 5.32 Å². The van der Waals surface area contributed by atoms with Crippen molar-refractivity contribution in [2.45, 2.75) is 51.6 Å². The third-order valence-corrected chi connectivity index (χ3v) is 3.91. The molecule has 0 bridgehead atoms. The lowest BCUT2D eigenvalue weighted by atomic mass is 10.1. The van der Waals surface area contributed by atoms with Gasteiger partial charge in [-0.05, 0) is 37.0 Å². The molecule has 0 saturated carbocycles. The number of phenols is 1. The van der Waals surface area contributed by atoms with Crippen molar-refractivity contribution in [3.63, 3.8) is 0 Å². The second-order valence-corrected chi connectivity index (χ2v) is 5.46. The van der Waals surface area contributed by atoms with Crippen LogP contribution in [0.15, 0.2) is 24.3 Å². The van der Waals surface area contributed by atoms with E-state index in [9.17, 15) is 9.90 Å². The fraction of sp³-hybridized carbons (Fsp3) is 0.562. The van der Waals surface area contributed by atoms with E-state index in [1.54, 1.807) is 12.1 Å². The average Bonchev–Trinajstić information content (AvgIpc) is 2.92. The lowest BCUT2D eigenvalue weighted by molar-refractivity contribution is 0.189. The van der Waals surface area contributed by atoms with Gasteiger partial charge in [0.15, 0.2) is 0 Å². The van der Waals surface area contributed by atoms with Crippen molar-refractivity contribution in [3.05, 3.63) is 29.8 Å². The lowest BCUT2D eigenvalue weighted by Gasteiger charge is -2.25. The Morgan fingerprint density at radius 1 is 1.40 bits per heavy atom. The number of aromatic hydroxyl groups is 1. The Labute approximate surface area is 120 Å². The molecule has 0 aliphatic carbocycles. The summed E-state index contributed by atoms with van der Waals surface area (Å²) < 4.78 is 0. The van der Waals surface area contributed by atoms with Crippen molar-refractivity contribution in [1.82, 2.24) is 10.2 Å². The molecule has 1 fully saturated rings. The number of likely N-dealkylation sites (tertiary alicyclic amines) is 1. The van der Waals surface area contributed by atoms with Gasteiger partial charge in [-0.25, -0.2) is 4.79 Å². The minimum absolute atomic E-state index is 0.0386. The smallest absolute Gasteiger partial charge is 0.317 e. The molecule has 20 heavy (non-hydrogen) atoms. The van der Waals surface area contributed by atoms with Gasteiger partial charge in [0, 0.05) is 19.1 Å². The van der Waals surface area contributed by atoms with Crippen molar-refractivity contribution < 1.29 is 9.90 Å². The summed E-state index contributed by atoms with van der Waals surface area (Å²) >= 11 is 0. The van der Waals surface area contributed by atoms with Gasteiger partial charge in [0.05, 0.1) is 0 Å². The highest BCUT2D eigenvalue weighted by Crippen LogP contribution is 2.22. The maximum atomic E-state index is 12.2. The maximum Gasteiger partial charge on any atom is 0.317 e. The molecule has 0 radical (unpaired) electrons. The van der Waals surface area contributed by atoms with Crippen LogP contribution in [0.1, 0.15) is 44.6 Å². The maximum absolute atomic E-state index is 12.2. The number of rotatable bonds is 5. The Morgan fingerprint density at radius 2 is 2.15 bits per heavy atom. The predicted octanol–water partition coefficient (Wildman–Crippen LogP) is 3.26. The lowest BCUT2D eigenvalue weighted by Crippen LogP contribution is -2.42. The first-order valence-corrected chi connectivity index (χ1v) is 7.53. The molecule has 1 aliphatic rings. The number of hydrogen-bond donors (Lipinski definition) is 2. The van der Waals surface area contributed by atoms with Crippen LogP contribution in [0.5, 0.6) is 5.75 Å². The van der Waals surface area contributed by atoms with Crippen molar-refractivity contribution >= 4 is 6.03 Å². The van der Waals surface area contributed by atoms with Crippen LogP contribution in [0, 0.1) is 0 Å². The van der Waals surface area contributed by atoms with Crippen molar-refractivity contribution in [2.75, 3.05) is 6.54 Å². The third-order valence-electron chi connectivity index (χ3n) is 3.91. The van der Waals surface area contributed by atoms with Crippen molar-refractivity contribution in [1.29, 1.82) is 0 Å². The highest BCUT2D eigenvalue weighted by Gasteiger charge is 2.27. The number of nitrogens with zero attached hydrogens (tertiary/aromatic N) is 1. The minimum Gasteiger partial charge on any atom is -0.508 e. The number of hydrogen-bond acceptors (Lipinski definition) is 2. The SMILES string of the molecule is CCCC[C@H]1CCCN1C(=O)NCc1ccc(O)cc1. The Morgan fingerprint density at radius 3 is 2.85 bits per heavy atom. The van der Waals surface area contributed by atoms with E-state index in [2.05, 4.69) is 12.2 Å². The Hall–Kier alpha value is -1.71. The Kier molecular flexibility index (Phi) is 5.27. The molecule has 0 unspecified atom stereocenters. The van der Waals surface area contributed by atoms with Crippen LogP contribution in [-0.2, 0) is 6.54 Å². The normalized spacial score (nSPS) is 18.2. The van der Waals surface area contributed by atoms with Gasteiger partial charge in [0.1, 0.15) is 5.75 Å². The molecule has 2 amide bonds. The quantitative estimate of drug-likeness (QED) is 0.867. The highest BCUT2D eigenvalue weighted by atomic mass is 16.3. The van der Waals surface area contributed by atoms with Gasteiger partial charge in [-0.15, -0.1) is 0 Å². The molecule has 1 aromatic rings. The molecule has 1 saturated heterocycles. The van der Waals surface area contributed by atoms with Crippen LogP contribution in [-0.4, -0.2) is 28.6 Å². The summed E-state index contributed by atoms with van der Waals surface area (Å²) in [6.45, 7) is 3.57. The zero-order chi connectivity index (χ0) is 14.4. The molecule has 4 heteroatoms. The molecule has 4 nitrogen and oxygen atoms in total. The molecule has 1 aliphatic heterocycles. The third kappa shape index (κ3) is 3.89. The summed E-state index contributed by atoms with van der Waals surface area (Å²) in [5, 5.41) is 12.2. The second kappa shape index (κ2) is 7.17. The zero-order valence-corrected chi connectivity index (χ0v) is 12.1. The van der Waals surface area contributed by atoms with Gasteiger partial charge < -0.3 is 15.3 Å². The fourth-order valence-electron chi connectivity index (χ4n) is 2.74. The van der Waals surface area contributed by atoms with E-state index >= 15 is 0 Å². The molecule has 0 spiro atoms. The monoisotopic (exact) mass is 276 g/mol. The summed E-state index contributed by atoms with van der Waals surface area (Å²) in [6.07, 6.45) is 5.72. The number of carbonyl (C=O) groups excluding carboxylic acids is 1. The molecule has 0 aromatic heterocycles. The van der Waals surface area contributed by atoms with Crippen molar-refractivity contribution in [3.8, 4) is 5.75 Å². The van der Waals surface area contributed by atoms with Crippen LogP contribution in [0.4, 0.5) is 4.79 Å². The van der Waals surface area contributed by atoms with Gasteiger partial charge in [0.2, 0.25) is 0 Å². The van der Waals surface area contributed by atoms with Crippen LogP contribution in [0.3, 0.4) is 0 Å². The standard InChI is InChI=1S/C16H24N2O2/c1-2-3-5-14-6-4-11-18(14)16(20)17-12-13-7-9-15(19)10-8-13/h7-10,14,19H,2-6,11-12H2,1H3,(H,17,20)/t14-/m0/s1. The molecular weight excluding hydrogens is 252 g/mol. The number of amides is 2. The summed E-state index contributed by atoms with van der Waals surface area (Å²) in [5.41, 5.74) is 1.00. The van der Waals surface area contributed by atoms with E-state index < -0.39 is 0 Å². The van der Waals surface area contributed by atoms with E-state index in [4.69, 9.17) is 0 Å². The number of unbranched alkanes of at least 4 members (excludes halogenated alkanes) is 1. The summed E-state index contributed by atoms with van der Waals surface area (Å²) in [4.78, 5) is 14.2. The zero-order valence-electron chi connectivity index (χ0n) is 12.1. The summed E-state index contributed by atoms with van der Waals surface area (Å²) in [5.74, 6) is 0.249. The molecule has 1 atom stereocenters. The Balaban J connectivity index is 1.83. The van der Waals surface area contributed by atoms with Gasteiger partial charge in [-0.2, -0.15) is 0 Å². The molecule has 2 rings (SSSR count). The first-order valence-electron chi connectivity index (χ1n) is 7.53. The summed E-state index contributed by atoms with van der Waals surface area (Å²) in [7, 11) is 0. The fourth-order valence-corrected chi connectivity index (χ4v) is 2.74. The topological polar surface area (TPSA) is 52.6 Å². The molecule has 2 N–H and O–H groups in total. The Bertz CT molecular complexity index is 431. The minimum atomic E-state index is 0.0386. The summed E-state index contributed by atoms with van der Waals surface area (Å²) in [6, 6.07) is 7.39. The molecular formula is C16H24N2O2. The number of carbonyl (C=O) groups is 1. The predicted molar refractivity (Wildman–Crippen MR) is 79.6 cm³/mol. The second-order valence-electron chi connectivity index (χ2n) is 5.46. The number of nitrogens with one attached hydrogen (secondary N) is 1. The van der Waals surface area contributed by atoms with Gasteiger partial charge in [-0.1, -0.05) is 31.9 Å². The first kappa shape index (κ1) is 14.7.